The van der Waals surface area contributed by atoms with Crippen LogP contribution in [0.25, 0.3) is 0 Å². The topological polar surface area (TPSA) is 94.6 Å². The van der Waals surface area contributed by atoms with Crippen molar-refractivity contribution in [2.75, 3.05) is 32.0 Å². The zero-order valence-electron chi connectivity index (χ0n) is 15.1. The Bertz CT molecular complexity index is 642. The number of nitrogens with zero attached hydrogens (tertiary/aromatic N) is 1. The minimum Gasteiger partial charge on any atom is -0.356 e. The number of para-hydroxylation sites is 1. The summed E-state index contributed by atoms with van der Waals surface area (Å²) in [7, 11) is 1.70. The zero-order chi connectivity index (χ0) is 18.2. The molecule has 1 heterocycles. The Morgan fingerprint density at radius 1 is 1.24 bits per heavy atom. The van der Waals surface area contributed by atoms with Crippen LogP contribution < -0.4 is 21.3 Å². The van der Waals surface area contributed by atoms with E-state index >= 15 is 0 Å². The summed E-state index contributed by atoms with van der Waals surface area (Å²) in [6, 6.07) is 7.86. The number of anilines is 1. The zero-order valence-corrected chi connectivity index (χ0v) is 15.1. The van der Waals surface area contributed by atoms with Crippen LogP contribution in [0.5, 0.6) is 0 Å². The SMILES string of the molecule is CN=C(NCCNC(=O)C(C)C)NCC1CC(=O)Nc2ccccc21. The molecule has 4 N–H and O–H groups in total. The third-order valence-corrected chi connectivity index (χ3v) is 4.09. The highest BCUT2D eigenvalue weighted by molar-refractivity contribution is 5.94. The number of carbonyl (C=O) groups is 2. The normalized spacial score (nSPS) is 16.9. The number of guanidine groups is 1. The van der Waals surface area contributed by atoms with Crippen LogP contribution in [-0.2, 0) is 9.59 Å². The first-order valence-corrected chi connectivity index (χ1v) is 8.62. The summed E-state index contributed by atoms with van der Waals surface area (Å²) >= 11 is 0. The second-order valence-corrected chi connectivity index (χ2v) is 6.36. The van der Waals surface area contributed by atoms with Crippen molar-refractivity contribution in [2.24, 2.45) is 10.9 Å². The van der Waals surface area contributed by atoms with Crippen molar-refractivity contribution in [3.63, 3.8) is 0 Å². The van der Waals surface area contributed by atoms with Crippen molar-refractivity contribution in [3.8, 4) is 0 Å². The predicted molar refractivity (Wildman–Crippen MR) is 99.6 cm³/mol. The summed E-state index contributed by atoms with van der Waals surface area (Å²) in [6.07, 6.45) is 0.450. The molecule has 0 saturated heterocycles. The first-order chi connectivity index (χ1) is 12.0. The summed E-state index contributed by atoms with van der Waals surface area (Å²) in [5.41, 5.74) is 2.01. The molecule has 2 amide bonds. The van der Waals surface area contributed by atoms with Gasteiger partial charge in [-0.1, -0.05) is 32.0 Å². The Balaban J connectivity index is 1.81. The largest absolute Gasteiger partial charge is 0.356 e. The number of rotatable bonds is 6. The van der Waals surface area contributed by atoms with E-state index in [1.807, 2.05) is 38.1 Å². The molecule has 0 aromatic heterocycles. The highest BCUT2D eigenvalue weighted by atomic mass is 16.2. The van der Waals surface area contributed by atoms with Crippen LogP contribution >= 0.6 is 0 Å². The predicted octanol–water partition coefficient (Wildman–Crippen LogP) is 1.05. The molecule has 0 spiro atoms. The lowest BCUT2D eigenvalue weighted by Crippen LogP contribution is -2.43. The van der Waals surface area contributed by atoms with Crippen LogP contribution in [0.2, 0.25) is 0 Å². The summed E-state index contributed by atoms with van der Waals surface area (Å²) in [5.74, 6) is 0.806. The quantitative estimate of drug-likeness (QED) is 0.352. The van der Waals surface area contributed by atoms with Gasteiger partial charge in [0.15, 0.2) is 5.96 Å². The number of nitrogens with one attached hydrogen (secondary N) is 4. The molecule has 1 aliphatic rings. The fourth-order valence-electron chi connectivity index (χ4n) is 2.70. The maximum atomic E-state index is 11.9. The second-order valence-electron chi connectivity index (χ2n) is 6.36. The van der Waals surface area contributed by atoms with Gasteiger partial charge in [0, 0.05) is 50.6 Å². The van der Waals surface area contributed by atoms with Crippen LogP contribution in [0, 0.1) is 5.92 Å². The summed E-state index contributed by atoms with van der Waals surface area (Å²) in [6.45, 7) is 5.46. The molecule has 0 saturated carbocycles. The van der Waals surface area contributed by atoms with E-state index in [1.54, 1.807) is 7.05 Å². The number of hydrogen-bond donors (Lipinski definition) is 4. The van der Waals surface area contributed by atoms with Crippen LogP contribution in [0.3, 0.4) is 0 Å². The summed E-state index contributed by atoms with van der Waals surface area (Å²) in [5, 5.41) is 12.2. The third-order valence-electron chi connectivity index (χ3n) is 4.09. The minimum atomic E-state index is -0.0186. The molecule has 1 aliphatic heterocycles. The van der Waals surface area contributed by atoms with Gasteiger partial charge in [0.1, 0.15) is 0 Å². The van der Waals surface area contributed by atoms with Gasteiger partial charge in [0.05, 0.1) is 0 Å². The van der Waals surface area contributed by atoms with Crippen molar-refractivity contribution >= 4 is 23.5 Å². The average Bonchev–Trinajstić information content (AvgIpc) is 2.60. The second kappa shape index (κ2) is 9.05. The maximum Gasteiger partial charge on any atom is 0.225 e. The minimum absolute atomic E-state index is 0.0186. The molecule has 1 atom stereocenters. The van der Waals surface area contributed by atoms with Crippen LogP contribution in [0.1, 0.15) is 31.7 Å². The average molecular weight is 345 g/mol. The molecule has 7 nitrogen and oxygen atoms in total. The van der Waals surface area contributed by atoms with E-state index in [-0.39, 0.29) is 23.7 Å². The first kappa shape index (κ1) is 18.8. The molecule has 25 heavy (non-hydrogen) atoms. The van der Waals surface area contributed by atoms with Crippen molar-refractivity contribution in [1.82, 2.24) is 16.0 Å². The van der Waals surface area contributed by atoms with Gasteiger partial charge in [0.2, 0.25) is 11.8 Å². The molecule has 1 unspecified atom stereocenters. The van der Waals surface area contributed by atoms with Crippen LogP contribution in [0.4, 0.5) is 5.69 Å². The van der Waals surface area contributed by atoms with Gasteiger partial charge < -0.3 is 21.3 Å². The number of fused-ring (bicyclic) bond motifs is 1. The molecule has 0 bridgehead atoms. The van der Waals surface area contributed by atoms with Gasteiger partial charge in [0.25, 0.3) is 0 Å². The molecule has 1 aromatic carbocycles. The Labute approximate surface area is 148 Å². The lowest BCUT2D eigenvalue weighted by atomic mass is 9.90. The number of aliphatic imine (C=N–C) groups is 1. The first-order valence-electron chi connectivity index (χ1n) is 8.62. The van der Waals surface area contributed by atoms with E-state index in [1.165, 1.54) is 0 Å². The third kappa shape index (κ3) is 5.48. The Morgan fingerprint density at radius 2 is 1.96 bits per heavy atom. The highest BCUT2D eigenvalue weighted by Gasteiger charge is 2.24. The van der Waals surface area contributed by atoms with E-state index in [2.05, 4.69) is 26.3 Å². The lowest BCUT2D eigenvalue weighted by Gasteiger charge is -2.26. The fourth-order valence-corrected chi connectivity index (χ4v) is 2.70. The van der Waals surface area contributed by atoms with Crippen molar-refractivity contribution in [3.05, 3.63) is 29.8 Å². The monoisotopic (exact) mass is 345 g/mol. The van der Waals surface area contributed by atoms with Gasteiger partial charge in [-0.15, -0.1) is 0 Å². The number of amides is 2. The molecular formula is C18H27N5O2. The molecule has 7 heteroatoms. The fraction of sp³-hybridized carbons (Fsp3) is 0.500. The van der Waals surface area contributed by atoms with Gasteiger partial charge >= 0.3 is 0 Å². The van der Waals surface area contributed by atoms with Gasteiger partial charge in [-0.3, -0.25) is 14.6 Å². The molecule has 0 aliphatic carbocycles. The lowest BCUT2D eigenvalue weighted by molar-refractivity contribution is -0.124. The van der Waals surface area contributed by atoms with E-state index in [0.717, 1.165) is 11.3 Å². The highest BCUT2D eigenvalue weighted by Crippen LogP contribution is 2.31. The Kier molecular flexibility index (Phi) is 6.80. The standard InChI is InChI=1S/C18H27N5O2/c1-12(2)17(25)20-8-9-21-18(19-3)22-11-13-10-16(24)23-15-7-5-4-6-14(13)15/h4-7,12-13H,8-11H2,1-3H3,(H,20,25)(H,23,24)(H2,19,21,22). The van der Waals surface area contributed by atoms with Crippen molar-refractivity contribution < 1.29 is 9.59 Å². The molecule has 0 fully saturated rings. The molecule has 136 valence electrons. The number of benzene rings is 1. The Morgan fingerprint density at radius 3 is 2.68 bits per heavy atom. The molecule has 0 radical (unpaired) electrons. The van der Waals surface area contributed by atoms with Gasteiger partial charge in [-0.25, -0.2) is 0 Å². The van der Waals surface area contributed by atoms with Crippen molar-refractivity contribution in [1.29, 1.82) is 0 Å². The van der Waals surface area contributed by atoms with Gasteiger partial charge in [-0.2, -0.15) is 0 Å². The summed E-state index contributed by atoms with van der Waals surface area (Å²) < 4.78 is 0. The van der Waals surface area contributed by atoms with E-state index in [0.29, 0.717) is 32.0 Å². The van der Waals surface area contributed by atoms with Crippen LogP contribution in [0.15, 0.2) is 29.3 Å². The summed E-state index contributed by atoms with van der Waals surface area (Å²) in [4.78, 5) is 27.5. The maximum absolute atomic E-state index is 11.9. The molecular weight excluding hydrogens is 318 g/mol. The van der Waals surface area contributed by atoms with Crippen LogP contribution in [-0.4, -0.2) is 44.5 Å². The number of hydrogen-bond acceptors (Lipinski definition) is 3. The molecule has 2 rings (SSSR count). The van der Waals surface area contributed by atoms with E-state index < -0.39 is 0 Å². The molecule has 1 aromatic rings. The van der Waals surface area contributed by atoms with E-state index in [4.69, 9.17) is 0 Å². The van der Waals surface area contributed by atoms with E-state index in [9.17, 15) is 9.59 Å². The smallest absolute Gasteiger partial charge is 0.225 e. The Hall–Kier alpha value is -2.57. The van der Waals surface area contributed by atoms with Gasteiger partial charge in [-0.05, 0) is 11.6 Å². The number of carbonyl (C=O) groups excluding carboxylic acids is 2. The van der Waals surface area contributed by atoms with Crippen molar-refractivity contribution in [2.45, 2.75) is 26.2 Å².